The van der Waals surface area contributed by atoms with Gasteiger partial charge in [-0.05, 0) is 0 Å². The van der Waals surface area contributed by atoms with Crippen molar-refractivity contribution in [1.82, 2.24) is 0 Å². The van der Waals surface area contributed by atoms with Crippen molar-refractivity contribution >= 4 is 12.8 Å². The average Bonchev–Trinajstić information content (AvgIpc) is 1.72. The van der Waals surface area contributed by atoms with E-state index in [0.717, 1.165) is 0 Å². The fourth-order valence-corrected chi connectivity index (χ4v) is 0.123. The molecule has 8 heavy (non-hydrogen) atoms. The second-order valence-electron chi connectivity index (χ2n) is 0.887. The normalized spacial score (nSPS) is 6.00. The lowest BCUT2D eigenvalue weighted by atomic mass is 10.4. The summed E-state index contributed by atoms with van der Waals surface area (Å²) >= 11 is 0. The molecule has 3 nitrogen and oxygen atoms in total. The Bertz CT molecular complexity index is 77.7. The van der Waals surface area contributed by atoms with Crippen LogP contribution in [0.4, 0.5) is 0 Å². The highest BCUT2D eigenvalue weighted by Crippen LogP contribution is 1.74. The zero-order valence-electron chi connectivity index (χ0n) is 4.46. The number of carboxylic acids is 1. The Morgan fingerprint density at radius 3 is 2.00 bits per heavy atom. The van der Waals surface area contributed by atoms with Crippen LogP contribution >= 0.6 is 0 Å². The molecule has 0 saturated carbocycles. The third-order valence-corrected chi connectivity index (χ3v) is 0.319. The van der Waals surface area contributed by atoms with Crippen molar-refractivity contribution in [3.8, 4) is 0 Å². The molecule has 0 radical (unpaired) electrons. The molecular weight excluding hydrogens is 108 g/mol. The number of aliphatic carboxylic acids is 1. The van der Waals surface area contributed by atoms with Gasteiger partial charge in [-0.25, -0.2) is 0 Å². The summed E-state index contributed by atoms with van der Waals surface area (Å²) in [5.74, 6) is -0.829. The van der Waals surface area contributed by atoms with Gasteiger partial charge >= 0.3 is 5.97 Å². The third kappa shape index (κ3) is 20.8. The van der Waals surface area contributed by atoms with Crippen molar-refractivity contribution in [2.24, 2.45) is 0 Å². The fraction of sp³-hybridized carbons (Fsp3) is 0.200. The van der Waals surface area contributed by atoms with Gasteiger partial charge in [0.1, 0.15) is 6.79 Å². The Morgan fingerprint density at radius 2 is 2.00 bits per heavy atom. The minimum atomic E-state index is -0.829. The lowest BCUT2D eigenvalue weighted by molar-refractivity contribution is -0.136. The highest BCUT2D eigenvalue weighted by Gasteiger charge is 1.84. The van der Waals surface area contributed by atoms with Crippen LogP contribution < -0.4 is 0 Å². The first-order chi connectivity index (χ1) is 3.77. The van der Waals surface area contributed by atoms with Crippen molar-refractivity contribution in [2.75, 3.05) is 0 Å². The molecule has 0 rings (SSSR count). The van der Waals surface area contributed by atoms with Crippen molar-refractivity contribution in [3.05, 3.63) is 12.7 Å². The summed E-state index contributed by atoms with van der Waals surface area (Å²) < 4.78 is 0. The van der Waals surface area contributed by atoms with Crippen LogP contribution in [0.2, 0.25) is 0 Å². The van der Waals surface area contributed by atoms with Crippen LogP contribution in [0.25, 0.3) is 0 Å². The molecule has 0 unspecified atom stereocenters. The van der Waals surface area contributed by atoms with Crippen LogP contribution in [-0.2, 0) is 9.59 Å². The topological polar surface area (TPSA) is 54.4 Å². The first-order valence-corrected chi connectivity index (χ1v) is 1.89. The fourth-order valence-electron chi connectivity index (χ4n) is 0.123. The Labute approximate surface area is 47.6 Å². The molecule has 0 aliphatic rings. The molecule has 0 bridgehead atoms. The van der Waals surface area contributed by atoms with E-state index in [0.29, 0.717) is 0 Å². The molecular formula is C5H8O3. The monoisotopic (exact) mass is 116 g/mol. The van der Waals surface area contributed by atoms with Gasteiger partial charge in [0.15, 0.2) is 0 Å². The predicted octanol–water partition coefficient (Wildman–Crippen LogP) is 0.462. The summed E-state index contributed by atoms with van der Waals surface area (Å²) in [6.07, 6.45) is 1.41. The van der Waals surface area contributed by atoms with E-state index in [9.17, 15) is 4.79 Å². The minimum absolute atomic E-state index is 0.0556. The lowest BCUT2D eigenvalue weighted by Crippen LogP contribution is -1.88. The average molecular weight is 116 g/mol. The molecule has 0 fully saturated rings. The number of carbonyl (C=O) groups excluding carboxylic acids is 1. The van der Waals surface area contributed by atoms with Gasteiger partial charge in [-0.1, -0.05) is 6.08 Å². The molecule has 0 aromatic heterocycles. The third-order valence-electron chi connectivity index (χ3n) is 0.319. The van der Waals surface area contributed by atoms with Crippen molar-refractivity contribution in [1.29, 1.82) is 0 Å². The van der Waals surface area contributed by atoms with E-state index in [-0.39, 0.29) is 6.42 Å². The van der Waals surface area contributed by atoms with E-state index in [1.807, 2.05) is 6.79 Å². The number of carboxylic acid groups (broad SMARTS) is 1. The summed E-state index contributed by atoms with van der Waals surface area (Å²) in [4.78, 5) is 17.5. The summed E-state index contributed by atoms with van der Waals surface area (Å²) in [6, 6.07) is 0. The van der Waals surface area contributed by atoms with Crippen LogP contribution in [0.3, 0.4) is 0 Å². The van der Waals surface area contributed by atoms with Crippen molar-refractivity contribution in [2.45, 2.75) is 6.42 Å². The van der Waals surface area contributed by atoms with E-state index in [1.165, 1.54) is 6.08 Å². The van der Waals surface area contributed by atoms with Gasteiger partial charge in [0.05, 0.1) is 6.42 Å². The smallest absolute Gasteiger partial charge is 0.307 e. The molecule has 0 aliphatic carbocycles. The molecule has 0 spiro atoms. The zero-order valence-corrected chi connectivity index (χ0v) is 4.46. The standard InChI is InChI=1S/C4H6O2.CH2O/c1-2-3-4(5)6;1-2/h2H,1,3H2,(H,5,6);1H2. The van der Waals surface area contributed by atoms with Gasteiger partial charge in [0.25, 0.3) is 0 Å². The predicted molar refractivity (Wildman–Crippen MR) is 29.6 cm³/mol. The number of hydrogen-bond acceptors (Lipinski definition) is 2. The first kappa shape index (κ1) is 9.99. The quantitative estimate of drug-likeness (QED) is 0.533. The van der Waals surface area contributed by atoms with E-state index < -0.39 is 5.97 Å². The number of rotatable bonds is 2. The largest absolute Gasteiger partial charge is 0.481 e. The molecule has 0 saturated heterocycles. The summed E-state index contributed by atoms with van der Waals surface area (Å²) in [5.41, 5.74) is 0. The summed E-state index contributed by atoms with van der Waals surface area (Å²) in [5, 5.41) is 7.84. The highest BCUT2D eigenvalue weighted by atomic mass is 16.4. The molecule has 1 N–H and O–H groups in total. The van der Waals surface area contributed by atoms with Crippen LogP contribution in [-0.4, -0.2) is 17.9 Å². The maximum absolute atomic E-state index is 9.53. The molecule has 46 valence electrons. The van der Waals surface area contributed by atoms with E-state index >= 15 is 0 Å². The maximum atomic E-state index is 9.53. The molecule has 0 aromatic rings. The van der Waals surface area contributed by atoms with E-state index in [1.54, 1.807) is 0 Å². The summed E-state index contributed by atoms with van der Waals surface area (Å²) in [6.45, 7) is 5.22. The van der Waals surface area contributed by atoms with Gasteiger partial charge in [-0.15, -0.1) is 6.58 Å². The second-order valence-corrected chi connectivity index (χ2v) is 0.887. The van der Waals surface area contributed by atoms with E-state index in [2.05, 4.69) is 6.58 Å². The zero-order chi connectivity index (χ0) is 6.99. The molecule has 0 heterocycles. The minimum Gasteiger partial charge on any atom is -0.481 e. The Balaban J connectivity index is 0. The highest BCUT2D eigenvalue weighted by molar-refractivity contribution is 5.68. The first-order valence-electron chi connectivity index (χ1n) is 1.89. The number of carbonyl (C=O) groups is 2. The Morgan fingerprint density at radius 1 is 1.62 bits per heavy atom. The summed E-state index contributed by atoms with van der Waals surface area (Å²) in [7, 11) is 0. The Hall–Kier alpha value is -1.12. The van der Waals surface area contributed by atoms with Gasteiger partial charge in [-0.3, -0.25) is 4.79 Å². The second kappa shape index (κ2) is 9.30. The van der Waals surface area contributed by atoms with Crippen LogP contribution in [0, 0.1) is 0 Å². The SMILES string of the molecule is C=CCC(=O)O.C=O. The number of hydrogen-bond donors (Lipinski definition) is 1. The van der Waals surface area contributed by atoms with Gasteiger partial charge in [0, 0.05) is 0 Å². The van der Waals surface area contributed by atoms with Crippen molar-refractivity contribution < 1.29 is 14.7 Å². The molecule has 0 atom stereocenters. The van der Waals surface area contributed by atoms with Gasteiger partial charge < -0.3 is 9.90 Å². The molecule has 3 heteroatoms. The maximum Gasteiger partial charge on any atom is 0.307 e. The molecule has 0 aromatic carbocycles. The van der Waals surface area contributed by atoms with Crippen LogP contribution in [0.5, 0.6) is 0 Å². The van der Waals surface area contributed by atoms with Crippen molar-refractivity contribution in [3.63, 3.8) is 0 Å². The molecule has 0 amide bonds. The lowest BCUT2D eigenvalue weighted by Gasteiger charge is -1.75. The molecule has 0 aliphatic heterocycles. The van der Waals surface area contributed by atoms with Crippen LogP contribution in [0.15, 0.2) is 12.7 Å². The van der Waals surface area contributed by atoms with Crippen LogP contribution in [0.1, 0.15) is 6.42 Å². The van der Waals surface area contributed by atoms with E-state index in [4.69, 9.17) is 9.90 Å². The van der Waals surface area contributed by atoms with Gasteiger partial charge in [-0.2, -0.15) is 0 Å². The van der Waals surface area contributed by atoms with Gasteiger partial charge in [0.2, 0.25) is 0 Å². The Kier molecular flexibility index (Phi) is 11.6.